The second-order valence-electron chi connectivity index (χ2n) is 4.92. The lowest BCUT2D eigenvalue weighted by molar-refractivity contribution is -0.141. The number of ether oxygens (including phenoxy) is 1. The minimum Gasteiger partial charge on any atom is -0.494 e. The van der Waals surface area contributed by atoms with Crippen LogP contribution in [0.25, 0.3) is 0 Å². The summed E-state index contributed by atoms with van der Waals surface area (Å²) in [6, 6.07) is 5.79. The zero-order chi connectivity index (χ0) is 16.5. The standard InChI is InChI=1S/C16H21NO5/c1-3-10-22-13-6-4-12(5-7-13)14(18)8-9-15(19)17-11(2)16(20)21/h4-7,11H,3,8-10H2,1-2H3,(H,17,19)(H,20,21)/t11-/m0/s1. The molecular weight excluding hydrogens is 286 g/mol. The van der Waals surface area contributed by atoms with Crippen molar-refractivity contribution in [2.24, 2.45) is 0 Å². The minimum atomic E-state index is -1.11. The summed E-state index contributed by atoms with van der Waals surface area (Å²) >= 11 is 0. The van der Waals surface area contributed by atoms with Crippen molar-refractivity contribution >= 4 is 17.7 Å². The van der Waals surface area contributed by atoms with Crippen LogP contribution in [-0.4, -0.2) is 35.4 Å². The highest BCUT2D eigenvalue weighted by atomic mass is 16.5. The first kappa shape index (κ1) is 17.7. The molecule has 1 aromatic rings. The van der Waals surface area contributed by atoms with Gasteiger partial charge < -0.3 is 15.2 Å². The molecule has 120 valence electrons. The van der Waals surface area contributed by atoms with Gasteiger partial charge in [-0.15, -0.1) is 0 Å². The molecule has 1 rings (SSSR count). The smallest absolute Gasteiger partial charge is 0.325 e. The molecule has 0 fully saturated rings. The Kier molecular flexibility index (Phi) is 7.08. The summed E-state index contributed by atoms with van der Waals surface area (Å²) < 4.78 is 5.42. The third kappa shape index (κ3) is 5.95. The molecular formula is C16H21NO5. The number of hydrogen-bond donors (Lipinski definition) is 2. The molecule has 6 nitrogen and oxygen atoms in total. The van der Waals surface area contributed by atoms with Gasteiger partial charge in [0, 0.05) is 18.4 Å². The van der Waals surface area contributed by atoms with Gasteiger partial charge in [-0.1, -0.05) is 6.92 Å². The van der Waals surface area contributed by atoms with Crippen LogP contribution in [0.2, 0.25) is 0 Å². The maximum absolute atomic E-state index is 12.0. The van der Waals surface area contributed by atoms with Gasteiger partial charge in [0.15, 0.2) is 5.78 Å². The van der Waals surface area contributed by atoms with Crippen LogP contribution in [0.4, 0.5) is 0 Å². The van der Waals surface area contributed by atoms with Gasteiger partial charge in [-0.25, -0.2) is 0 Å². The average molecular weight is 307 g/mol. The number of hydrogen-bond acceptors (Lipinski definition) is 4. The topological polar surface area (TPSA) is 92.7 Å². The number of carbonyl (C=O) groups is 3. The number of rotatable bonds is 9. The van der Waals surface area contributed by atoms with Crippen molar-refractivity contribution < 1.29 is 24.2 Å². The number of carboxylic acid groups (broad SMARTS) is 1. The lowest BCUT2D eigenvalue weighted by Gasteiger charge is -2.09. The number of benzene rings is 1. The van der Waals surface area contributed by atoms with Crippen LogP contribution in [0.15, 0.2) is 24.3 Å². The van der Waals surface area contributed by atoms with E-state index in [9.17, 15) is 14.4 Å². The van der Waals surface area contributed by atoms with Crippen LogP contribution in [0.1, 0.15) is 43.5 Å². The highest BCUT2D eigenvalue weighted by Gasteiger charge is 2.15. The molecule has 1 atom stereocenters. The molecule has 0 aliphatic heterocycles. The number of carboxylic acids is 1. The molecule has 0 aromatic heterocycles. The van der Waals surface area contributed by atoms with Crippen molar-refractivity contribution in [2.75, 3.05) is 6.61 Å². The number of amides is 1. The van der Waals surface area contributed by atoms with E-state index in [0.717, 1.165) is 6.42 Å². The van der Waals surface area contributed by atoms with Crippen molar-refractivity contribution in [3.8, 4) is 5.75 Å². The highest BCUT2D eigenvalue weighted by Crippen LogP contribution is 2.14. The predicted octanol–water partition coefficient (Wildman–Crippen LogP) is 2.03. The molecule has 0 saturated carbocycles. The molecule has 0 aliphatic rings. The first-order chi connectivity index (χ1) is 10.4. The zero-order valence-electron chi connectivity index (χ0n) is 12.8. The van der Waals surface area contributed by atoms with Gasteiger partial charge in [-0.3, -0.25) is 14.4 Å². The second kappa shape index (κ2) is 8.81. The van der Waals surface area contributed by atoms with Gasteiger partial charge in [0.05, 0.1) is 6.61 Å². The summed E-state index contributed by atoms with van der Waals surface area (Å²) in [6.07, 6.45) is 0.905. The first-order valence-corrected chi connectivity index (χ1v) is 7.22. The van der Waals surface area contributed by atoms with E-state index in [0.29, 0.717) is 17.9 Å². The van der Waals surface area contributed by atoms with Crippen LogP contribution in [0, 0.1) is 0 Å². The van der Waals surface area contributed by atoms with Crippen molar-refractivity contribution in [3.05, 3.63) is 29.8 Å². The first-order valence-electron chi connectivity index (χ1n) is 7.22. The Bertz CT molecular complexity index is 524. The normalized spacial score (nSPS) is 11.5. The van der Waals surface area contributed by atoms with Crippen molar-refractivity contribution in [3.63, 3.8) is 0 Å². The fourth-order valence-corrected chi connectivity index (χ4v) is 1.70. The van der Waals surface area contributed by atoms with Gasteiger partial charge in [0.2, 0.25) is 5.91 Å². The SMILES string of the molecule is CCCOc1ccc(C(=O)CCC(=O)N[C@@H](C)C(=O)O)cc1. The highest BCUT2D eigenvalue weighted by molar-refractivity contribution is 5.98. The fraction of sp³-hybridized carbons (Fsp3) is 0.438. The van der Waals surface area contributed by atoms with Crippen molar-refractivity contribution in [1.29, 1.82) is 0 Å². The van der Waals surface area contributed by atoms with Crippen molar-refractivity contribution in [1.82, 2.24) is 5.32 Å². The van der Waals surface area contributed by atoms with E-state index in [2.05, 4.69) is 5.32 Å². The number of ketones is 1. The van der Waals surface area contributed by atoms with E-state index in [-0.39, 0.29) is 18.6 Å². The molecule has 1 aromatic carbocycles. The van der Waals surface area contributed by atoms with Crippen LogP contribution in [-0.2, 0) is 9.59 Å². The molecule has 22 heavy (non-hydrogen) atoms. The maximum Gasteiger partial charge on any atom is 0.325 e. The number of carbonyl (C=O) groups excluding carboxylic acids is 2. The van der Waals surface area contributed by atoms with Crippen LogP contribution < -0.4 is 10.1 Å². The molecule has 0 saturated heterocycles. The van der Waals surface area contributed by atoms with Gasteiger partial charge >= 0.3 is 5.97 Å². The molecule has 0 unspecified atom stereocenters. The summed E-state index contributed by atoms with van der Waals surface area (Å²) in [5.41, 5.74) is 0.503. The molecule has 1 amide bonds. The summed E-state index contributed by atoms with van der Waals surface area (Å²) in [5, 5.41) is 11.0. The monoisotopic (exact) mass is 307 g/mol. The quantitative estimate of drug-likeness (QED) is 0.681. The fourth-order valence-electron chi connectivity index (χ4n) is 1.70. The van der Waals surface area contributed by atoms with E-state index < -0.39 is 17.9 Å². The summed E-state index contributed by atoms with van der Waals surface area (Å²) in [6.45, 7) is 4.00. The van der Waals surface area contributed by atoms with Crippen molar-refractivity contribution in [2.45, 2.75) is 39.2 Å². The Morgan fingerprint density at radius 2 is 1.82 bits per heavy atom. The number of nitrogens with one attached hydrogen (secondary N) is 1. The lowest BCUT2D eigenvalue weighted by atomic mass is 10.1. The van der Waals surface area contributed by atoms with Crippen LogP contribution >= 0.6 is 0 Å². The van der Waals surface area contributed by atoms with E-state index in [4.69, 9.17) is 9.84 Å². The molecule has 0 radical (unpaired) electrons. The lowest BCUT2D eigenvalue weighted by Crippen LogP contribution is -2.38. The predicted molar refractivity (Wildman–Crippen MR) is 81.0 cm³/mol. The Labute approximate surface area is 129 Å². The third-order valence-electron chi connectivity index (χ3n) is 2.98. The molecule has 0 aliphatic carbocycles. The van der Waals surface area contributed by atoms with E-state index in [1.807, 2.05) is 6.92 Å². The summed E-state index contributed by atoms with van der Waals surface area (Å²) in [7, 11) is 0. The molecule has 6 heteroatoms. The maximum atomic E-state index is 12.0. The molecule has 2 N–H and O–H groups in total. The average Bonchev–Trinajstić information content (AvgIpc) is 2.50. The Hall–Kier alpha value is -2.37. The number of aliphatic carboxylic acids is 1. The van der Waals surface area contributed by atoms with E-state index >= 15 is 0 Å². The van der Waals surface area contributed by atoms with Gasteiger partial charge in [-0.2, -0.15) is 0 Å². The minimum absolute atomic E-state index is 0.0351. The number of Topliss-reactive ketones (excluding diaryl/α,β-unsaturated/α-hetero) is 1. The Morgan fingerprint density at radius 1 is 1.18 bits per heavy atom. The Balaban J connectivity index is 2.45. The van der Waals surface area contributed by atoms with Gasteiger partial charge in [0.1, 0.15) is 11.8 Å². The van der Waals surface area contributed by atoms with E-state index in [1.165, 1.54) is 6.92 Å². The molecule has 0 bridgehead atoms. The molecule has 0 spiro atoms. The third-order valence-corrected chi connectivity index (χ3v) is 2.98. The second-order valence-corrected chi connectivity index (χ2v) is 4.92. The summed E-state index contributed by atoms with van der Waals surface area (Å²) in [5.74, 6) is -1.03. The largest absolute Gasteiger partial charge is 0.494 e. The zero-order valence-corrected chi connectivity index (χ0v) is 12.8. The molecule has 0 heterocycles. The van der Waals surface area contributed by atoms with Gasteiger partial charge in [-0.05, 0) is 37.6 Å². The summed E-state index contributed by atoms with van der Waals surface area (Å²) in [4.78, 5) is 34.1. The van der Waals surface area contributed by atoms with E-state index in [1.54, 1.807) is 24.3 Å². The van der Waals surface area contributed by atoms with Crippen LogP contribution in [0.5, 0.6) is 5.75 Å². The Morgan fingerprint density at radius 3 is 2.36 bits per heavy atom. The van der Waals surface area contributed by atoms with Gasteiger partial charge in [0.25, 0.3) is 0 Å². The van der Waals surface area contributed by atoms with Crippen LogP contribution in [0.3, 0.4) is 0 Å².